The molecule has 0 aromatic rings. The summed E-state index contributed by atoms with van der Waals surface area (Å²) >= 11 is 0. The smallest absolute Gasteiger partial charge is 0.0624 e. The summed E-state index contributed by atoms with van der Waals surface area (Å²) in [6.07, 6.45) is 0.681. The zero-order valence-electron chi connectivity index (χ0n) is 8.73. The molecule has 0 aliphatic heterocycles. The summed E-state index contributed by atoms with van der Waals surface area (Å²) in [6, 6.07) is 2.07. The Bertz CT molecular complexity index is 106. The van der Waals surface area contributed by atoms with Gasteiger partial charge in [0.05, 0.1) is 6.07 Å². The lowest BCUT2D eigenvalue weighted by Crippen LogP contribution is -1.93. The summed E-state index contributed by atoms with van der Waals surface area (Å²) in [5.74, 6) is 0.537. The predicted molar refractivity (Wildman–Crippen MR) is 50.2 cm³/mol. The Hall–Kier alpha value is -0.510. The van der Waals surface area contributed by atoms with Crippen LogP contribution in [-0.4, -0.2) is 0 Å². The van der Waals surface area contributed by atoms with Gasteiger partial charge in [0.2, 0.25) is 0 Å². The van der Waals surface area contributed by atoms with Gasteiger partial charge in [-0.2, -0.15) is 5.26 Å². The lowest BCUT2D eigenvalue weighted by atomic mass is 10.0. The second-order valence-electron chi connectivity index (χ2n) is 4.76. The van der Waals surface area contributed by atoms with Crippen LogP contribution in [0.25, 0.3) is 0 Å². The van der Waals surface area contributed by atoms with Crippen LogP contribution in [0.5, 0.6) is 0 Å². The summed E-state index contributed by atoms with van der Waals surface area (Å²) in [5, 5.41) is 7.99. The van der Waals surface area contributed by atoms with Gasteiger partial charge in [-0.3, -0.25) is 0 Å². The molecule has 0 saturated carbocycles. The Morgan fingerprint density at radius 2 is 1.45 bits per heavy atom. The molecule has 0 fully saturated rings. The van der Waals surface area contributed by atoms with Crippen LogP contribution >= 0.6 is 0 Å². The van der Waals surface area contributed by atoms with Gasteiger partial charge in [-0.15, -0.1) is 0 Å². The average Bonchev–Trinajstić information content (AvgIpc) is 1.58. The molecule has 0 unspecified atom stereocenters. The van der Waals surface area contributed by atoms with Crippen molar-refractivity contribution in [2.75, 3.05) is 0 Å². The van der Waals surface area contributed by atoms with Crippen LogP contribution in [0, 0.1) is 22.7 Å². The molecule has 0 radical (unpaired) electrons. The maximum absolute atomic E-state index is 7.99. The number of hydrogen-bond acceptors (Lipinski definition) is 1. The molecule has 66 valence electrons. The van der Waals surface area contributed by atoms with Crippen molar-refractivity contribution in [3.63, 3.8) is 0 Å². The second-order valence-corrected chi connectivity index (χ2v) is 4.76. The Balaban J connectivity index is 0. The molecule has 0 aliphatic rings. The van der Waals surface area contributed by atoms with Gasteiger partial charge in [-0.25, -0.2) is 0 Å². The molecule has 1 nitrogen and oxygen atoms in total. The molecule has 0 saturated heterocycles. The lowest BCUT2D eigenvalue weighted by Gasteiger charge is -2.05. The zero-order valence-corrected chi connectivity index (χ0v) is 8.73. The monoisotopic (exact) mass is 155 g/mol. The van der Waals surface area contributed by atoms with Gasteiger partial charge in [0.1, 0.15) is 0 Å². The van der Waals surface area contributed by atoms with Crippen LogP contribution < -0.4 is 0 Å². The van der Waals surface area contributed by atoms with Crippen LogP contribution in [0.4, 0.5) is 0 Å². The van der Waals surface area contributed by atoms with Crippen molar-refractivity contribution < 1.29 is 0 Å². The standard InChI is InChI=1S/C5H9N.C5H12/c1-5(2)3-4-6;1-5(2,3)4/h5H,3H2,1-2H3;1-4H3. The van der Waals surface area contributed by atoms with Gasteiger partial charge in [0.15, 0.2) is 0 Å². The predicted octanol–water partition coefficient (Wildman–Crippen LogP) is 3.61. The Morgan fingerprint density at radius 3 is 1.45 bits per heavy atom. The molecule has 0 aliphatic carbocycles. The van der Waals surface area contributed by atoms with Crippen molar-refractivity contribution in [2.45, 2.75) is 48.0 Å². The van der Waals surface area contributed by atoms with Gasteiger partial charge in [-0.1, -0.05) is 41.5 Å². The van der Waals surface area contributed by atoms with E-state index in [1.54, 1.807) is 0 Å². The molecule has 0 aromatic heterocycles. The highest BCUT2D eigenvalue weighted by Crippen LogP contribution is 2.08. The van der Waals surface area contributed by atoms with Gasteiger partial charge >= 0.3 is 0 Å². The first-order chi connectivity index (χ1) is 4.77. The van der Waals surface area contributed by atoms with E-state index >= 15 is 0 Å². The van der Waals surface area contributed by atoms with E-state index in [2.05, 4.69) is 33.8 Å². The molecule has 0 N–H and O–H groups in total. The third-order valence-corrected chi connectivity index (χ3v) is 0.500. The molecule has 0 spiro atoms. The second kappa shape index (κ2) is 6.22. The molecule has 0 aromatic carbocycles. The summed E-state index contributed by atoms with van der Waals surface area (Å²) in [7, 11) is 0. The third-order valence-electron chi connectivity index (χ3n) is 0.500. The van der Waals surface area contributed by atoms with Crippen molar-refractivity contribution in [3.8, 4) is 6.07 Å². The highest BCUT2D eigenvalue weighted by molar-refractivity contribution is 4.69. The molecule has 0 bridgehead atoms. The van der Waals surface area contributed by atoms with E-state index < -0.39 is 0 Å². The fourth-order valence-electron chi connectivity index (χ4n) is 0.183. The molecule has 11 heavy (non-hydrogen) atoms. The maximum atomic E-state index is 7.99. The van der Waals surface area contributed by atoms with Gasteiger partial charge in [0, 0.05) is 6.42 Å². The SMILES string of the molecule is CC(C)(C)C.CC(C)CC#N. The summed E-state index contributed by atoms with van der Waals surface area (Å²) < 4.78 is 0. The molecular weight excluding hydrogens is 134 g/mol. The van der Waals surface area contributed by atoms with E-state index in [9.17, 15) is 0 Å². The Kier molecular flexibility index (Phi) is 7.41. The fraction of sp³-hybridized carbons (Fsp3) is 0.900. The first-order valence-electron chi connectivity index (χ1n) is 4.14. The quantitative estimate of drug-likeness (QED) is 0.567. The summed E-state index contributed by atoms with van der Waals surface area (Å²) in [5.41, 5.74) is 0.500. The molecular formula is C10H21N. The lowest BCUT2D eigenvalue weighted by molar-refractivity contribution is 0.469. The number of rotatable bonds is 1. The Morgan fingerprint density at radius 1 is 1.18 bits per heavy atom. The Labute approximate surface area is 71.4 Å². The minimum Gasteiger partial charge on any atom is -0.198 e. The van der Waals surface area contributed by atoms with Gasteiger partial charge < -0.3 is 0 Å². The number of nitriles is 1. The van der Waals surface area contributed by atoms with Crippen LogP contribution in [0.1, 0.15) is 48.0 Å². The van der Waals surface area contributed by atoms with Crippen molar-refractivity contribution in [2.24, 2.45) is 11.3 Å². The third kappa shape index (κ3) is 85.9. The van der Waals surface area contributed by atoms with Crippen LogP contribution in [0.3, 0.4) is 0 Å². The van der Waals surface area contributed by atoms with Crippen LogP contribution in [0.15, 0.2) is 0 Å². The van der Waals surface area contributed by atoms with Crippen molar-refractivity contribution in [1.29, 1.82) is 5.26 Å². The van der Waals surface area contributed by atoms with Crippen molar-refractivity contribution in [1.82, 2.24) is 0 Å². The van der Waals surface area contributed by atoms with Crippen molar-refractivity contribution >= 4 is 0 Å². The van der Waals surface area contributed by atoms with E-state index in [4.69, 9.17) is 5.26 Å². The first-order valence-corrected chi connectivity index (χ1v) is 4.14. The van der Waals surface area contributed by atoms with Crippen LogP contribution in [-0.2, 0) is 0 Å². The average molecular weight is 155 g/mol. The minimum absolute atomic E-state index is 0.500. The van der Waals surface area contributed by atoms with E-state index in [0.717, 1.165) is 0 Å². The molecule has 0 rings (SSSR count). The minimum atomic E-state index is 0.500. The maximum Gasteiger partial charge on any atom is 0.0624 e. The van der Waals surface area contributed by atoms with Gasteiger partial charge in [0.25, 0.3) is 0 Å². The van der Waals surface area contributed by atoms with Crippen molar-refractivity contribution in [3.05, 3.63) is 0 Å². The van der Waals surface area contributed by atoms with E-state index in [1.807, 2.05) is 13.8 Å². The molecule has 0 amide bonds. The molecule has 0 atom stereocenters. The first kappa shape index (κ1) is 13.1. The molecule has 1 heteroatoms. The molecule has 0 heterocycles. The number of hydrogen-bond donors (Lipinski definition) is 0. The highest BCUT2D eigenvalue weighted by Gasteiger charge is 1.95. The van der Waals surface area contributed by atoms with Gasteiger partial charge in [-0.05, 0) is 11.3 Å². The number of nitrogens with zero attached hydrogens (tertiary/aromatic N) is 1. The van der Waals surface area contributed by atoms with Crippen LogP contribution in [0.2, 0.25) is 0 Å². The fourth-order valence-corrected chi connectivity index (χ4v) is 0.183. The largest absolute Gasteiger partial charge is 0.198 e. The van der Waals surface area contributed by atoms with E-state index in [1.165, 1.54) is 0 Å². The van der Waals surface area contributed by atoms with E-state index in [0.29, 0.717) is 17.8 Å². The normalized spacial score (nSPS) is 10.0. The topological polar surface area (TPSA) is 23.8 Å². The summed E-state index contributed by atoms with van der Waals surface area (Å²) in [6.45, 7) is 12.8. The van der Waals surface area contributed by atoms with E-state index in [-0.39, 0.29) is 0 Å². The zero-order chi connectivity index (χ0) is 9.49. The summed E-state index contributed by atoms with van der Waals surface area (Å²) in [4.78, 5) is 0. The highest BCUT2D eigenvalue weighted by atomic mass is 14.2.